The third-order valence-electron chi connectivity index (χ3n) is 3.42. The Hall–Kier alpha value is -1.35. The van der Waals surface area contributed by atoms with Crippen molar-refractivity contribution in [3.63, 3.8) is 0 Å². The van der Waals surface area contributed by atoms with E-state index in [2.05, 4.69) is 43.4 Å². The predicted molar refractivity (Wildman–Crippen MR) is 84.4 cm³/mol. The molecule has 1 amide bonds. The third kappa shape index (κ3) is 5.33. The molecule has 0 fully saturated rings. The molecule has 1 rings (SSSR count). The van der Waals surface area contributed by atoms with E-state index in [0.29, 0.717) is 5.92 Å². The van der Waals surface area contributed by atoms with Gasteiger partial charge in [0.15, 0.2) is 0 Å². The highest BCUT2D eigenvalue weighted by atomic mass is 16.2. The second kappa shape index (κ2) is 8.05. The van der Waals surface area contributed by atoms with Crippen molar-refractivity contribution in [2.75, 3.05) is 0 Å². The van der Waals surface area contributed by atoms with Crippen LogP contribution in [-0.4, -0.2) is 11.9 Å². The summed E-state index contributed by atoms with van der Waals surface area (Å²) in [4.78, 5) is 11.9. The molecule has 2 atom stereocenters. The number of hydrogen-bond acceptors (Lipinski definition) is 2. The Balaban J connectivity index is 2.59. The number of carbonyl (C=O) groups is 1. The van der Waals surface area contributed by atoms with Gasteiger partial charge in [-0.15, -0.1) is 0 Å². The molecule has 3 heteroatoms. The Labute approximate surface area is 122 Å². The van der Waals surface area contributed by atoms with Crippen LogP contribution in [0.3, 0.4) is 0 Å². The van der Waals surface area contributed by atoms with Gasteiger partial charge in [-0.3, -0.25) is 4.79 Å². The van der Waals surface area contributed by atoms with E-state index in [4.69, 9.17) is 5.73 Å². The van der Waals surface area contributed by atoms with Crippen LogP contribution in [0.25, 0.3) is 0 Å². The van der Waals surface area contributed by atoms with Crippen LogP contribution in [0.2, 0.25) is 0 Å². The summed E-state index contributed by atoms with van der Waals surface area (Å²) in [5.41, 5.74) is 8.28. The molecule has 3 N–H and O–H groups in total. The average Bonchev–Trinajstić information content (AvgIpc) is 2.39. The summed E-state index contributed by atoms with van der Waals surface area (Å²) in [5.74, 6) is 0.593. The van der Waals surface area contributed by atoms with Crippen LogP contribution in [0.15, 0.2) is 24.3 Å². The molecular formula is C17H28N2O. The molecule has 112 valence electrons. The van der Waals surface area contributed by atoms with Gasteiger partial charge in [-0.05, 0) is 36.8 Å². The maximum atomic E-state index is 11.9. The van der Waals surface area contributed by atoms with Gasteiger partial charge in [0, 0.05) is 0 Å². The van der Waals surface area contributed by atoms with Gasteiger partial charge in [-0.25, -0.2) is 0 Å². The molecule has 0 radical (unpaired) electrons. The summed E-state index contributed by atoms with van der Waals surface area (Å²) >= 11 is 0. The Kier molecular flexibility index (Phi) is 6.73. The van der Waals surface area contributed by atoms with E-state index in [0.717, 1.165) is 24.8 Å². The monoisotopic (exact) mass is 276 g/mol. The topological polar surface area (TPSA) is 55.1 Å². The molecule has 3 nitrogen and oxygen atoms in total. The second-order valence-electron chi connectivity index (χ2n) is 5.96. The van der Waals surface area contributed by atoms with Crippen LogP contribution in [0, 0.1) is 5.92 Å². The van der Waals surface area contributed by atoms with Crippen molar-refractivity contribution < 1.29 is 4.79 Å². The van der Waals surface area contributed by atoms with Crippen LogP contribution in [0.1, 0.15) is 57.7 Å². The molecular weight excluding hydrogens is 248 g/mol. The lowest BCUT2D eigenvalue weighted by molar-refractivity contribution is -0.123. The van der Waals surface area contributed by atoms with Crippen LogP contribution in [-0.2, 0) is 11.2 Å². The van der Waals surface area contributed by atoms with E-state index < -0.39 is 6.04 Å². The molecule has 0 saturated heterocycles. The normalized spacial score (nSPS) is 14.1. The number of benzene rings is 1. The Morgan fingerprint density at radius 2 is 1.80 bits per heavy atom. The molecule has 1 aromatic carbocycles. The summed E-state index contributed by atoms with van der Waals surface area (Å²) in [6.07, 6.45) is 2.74. The van der Waals surface area contributed by atoms with Crippen LogP contribution in [0.4, 0.5) is 0 Å². The Bertz CT molecular complexity index is 412. The maximum absolute atomic E-state index is 11.9. The lowest BCUT2D eigenvalue weighted by Gasteiger charge is -2.18. The van der Waals surface area contributed by atoms with E-state index in [9.17, 15) is 4.79 Å². The zero-order valence-electron chi connectivity index (χ0n) is 13.1. The zero-order valence-corrected chi connectivity index (χ0v) is 13.1. The molecule has 0 spiro atoms. The number of nitrogens with two attached hydrogens (primary N) is 1. The van der Waals surface area contributed by atoms with Crippen molar-refractivity contribution in [1.29, 1.82) is 0 Å². The molecule has 0 bridgehead atoms. The van der Waals surface area contributed by atoms with Crippen molar-refractivity contribution in [1.82, 2.24) is 5.32 Å². The molecule has 1 unspecified atom stereocenters. The number of rotatable bonds is 7. The number of amides is 1. The van der Waals surface area contributed by atoms with Crippen molar-refractivity contribution in [2.24, 2.45) is 11.7 Å². The van der Waals surface area contributed by atoms with Crippen molar-refractivity contribution in [3.8, 4) is 0 Å². The first kappa shape index (κ1) is 16.7. The predicted octanol–water partition coefficient (Wildman–Crippen LogP) is 3.19. The van der Waals surface area contributed by atoms with Crippen LogP contribution >= 0.6 is 0 Å². The quantitative estimate of drug-likeness (QED) is 0.803. The minimum atomic E-state index is -0.400. The molecule has 20 heavy (non-hydrogen) atoms. The number of carbonyl (C=O) groups excluding carboxylic acids is 1. The highest BCUT2D eigenvalue weighted by Gasteiger charge is 2.15. The smallest absolute Gasteiger partial charge is 0.237 e. The first-order chi connectivity index (χ1) is 9.43. The van der Waals surface area contributed by atoms with E-state index >= 15 is 0 Å². The van der Waals surface area contributed by atoms with E-state index in [1.807, 2.05) is 13.8 Å². The highest BCUT2D eigenvalue weighted by Crippen LogP contribution is 2.15. The summed E-state index contributed by atoms with van der Waals surface area (Å²) < 4.78 is 0. The van der Waals surface area contributed by atoms with Gasteiger partial charge in [0.2, 0.25) is 5.91 Å². The van der Waals surface area contributed by atoms with Gasteiger partial charge >= 0.3 is 0 Å². The Morgan fingerprint density at radius 1 is 1.20 bits per heavy atom. The third-order valence-corrected chi connectivity index (χ3v) is 3.42. The van der Waals surface area contributed by atoms with E-state index in [1.165, 1.54) is 5.56 Å². The van der Waals surface area contributed by atoms with Crippen LogP contribution < -0.4 is 11.1 Å². The molecule has 0 aliphatic heterocycles. The first-order valence-electron chi connectivity index (χ1n) is 7.58. The number of hydrogen-bond donors (Lipinski definition) is 2. The highest BCUT2D eigenvalue weighted by molar-refractivity contribution is 5.81. The first-order valence-corrected chi connectivity index (χ1v) is 7.58. The summed E-state index contributed by atoms with van der Waals surface area (Å²) in [6.45, 7) is 8.45. The maximum Gasteiger partial charge on any atom is 0.237 e. The Morgan fingerprint density at radius 3 is 2.30 bits per heavy atom. The molecule has 0 aliphatic rings. The fourth-order valence-corrected chi connectivity index (χ4v) is 2.26. The molecule has 0 aliphatic carbocycles. The SMILES string of the molecule is CCC[C@@H](N)C(=O)NC(C)c1ccc(CC(C)C)cc1. The number of nitrogens with one attached hydrogen (secondary N) is 1. The van der Waals surface area contributed by atoms with E-state index in [1.54, 1.807) is 0 Å². The van der Waals surface area contributed by atoms with Gasteiger partial charge in [0.1, 0.15) is 0 Å². The molecule has 1 aromatic rings. The average molecular weight is 276 g/mol. The zero-order chi connectivity index (χ0) is 15.1. The van der Waals surface area contributed by atoms with Gasteiger partial charge in [-0.1, -0.05) is 51.5 Å². The minimum Gasteiger partial charge on any atom is -0.348 e. The van der Waals surface area contributed by atoms with Crippen molar-refractivity contribution in [2.45, 2.75) is 59.0 Å². The molecule has 0 aromatic heterocycles. The van der Waals surface area contributed by atoms with Crippen molar-refractivity contribution in [3.05, 3.63) is 35.4 Å². The van der Waals surface area contributed by atoms with Gasteiger partial charge in [0.05, 0.1) is 12.1 Å². The van der Waals surface area contributed by atoms with E-state index in [-0.39, 0.29) is 11.9 Å². The standard InChI is InChI=1S/C17H28N2O/c1-5-6-16(18)17(20)19-13(4)15-9-7-14(8-10-15)11-12(2)3/h7-10,12-13,16H,5-6,11,18H2,1-4H3,(H,19,20)/t13?,16-/m1/s1. The van der Waals surface area contributed by atoms with Crippen molar-refractivity contribution >= 4 is 5.91 Å². The lowest BCUT2D eigenvalue weighted by Crippen LogP contribution is -2.41. The van der Waals surface area contributed by atoms with Gasteiger partial charge < -0.3 is 11.1 Å². The van der Waals surface area contributed by atoms with Gasteiger partial charge in [-0.2, -0.15) is 0 Å². The molecule has 0 saturated carbocycles. The summed E-state index contributed by atoms with van der Waals surface area (Å²) in [6, 6.07) is 8.07. The second-order valence-corrected chi connectivity index (χ2v) is 5.96. The summed E-state index contributed by atoms with van der Waals surface area (Å²) in [7, 11) is 0. The lowest BCUT2D eigenvalue weighted by atomic mass is 10.00. The largest absolute Gasteiger partial charge is 0.348 e. The minimum absolute atomic E-state index is 0.00138. The summed E-state index contributed by atoms with van der Waals surface area (Å²) in [5, 5.41) is 2.98. The van der Waals surface area contributed by atoms with Gasteiger partial charge in [0.25, 0.3) is 0 Å². The fraction of sp³-hybridized carbons (Fsp3) is 0.588. The van der Waals surface area contributed by atoms with Crippen LogP contribution in [0.5, 0.6) is 0 Å². The molecule has 0 heterocycles. The fourth-order valence-electron chi connectivity index (χ4n) is 2.26.